The van der Waals surface area contributed by atoms with Gasteiger partial charge >= 0.3 is 0 Å². The van der Waals surface area contributed by atoms with Crippen LogP contribution in [0.4, 0.5) is 5.69 Å². The molecule has 1 aliphatic rings. The zero-order valence-electron chi connectivity index (χ0n) is 10.2. The average Bonchev–Trinajstić information content (AvgIpc) is 2.33. The van der Waals surface area contributed by atoms with Crippen LogP contribution < -0.4 is 5.73 Å². The minimum atomic E-state index is -0.399. The third-order valence-electron chi connectivity index (χ3n) is 4.12. The summed E-state index contributed by atoms with van der Waals surface area (Å²) in [5.74, 6) is -0.00356. The van der Waals surface area contributed by atoms with E-state index in [0.29, 0.717) is 6.54 Å². The van der Waals surface area contributed by atoms with Gasteiger partial charge in [-0.05, 0) is 24.9 Å². The monoisotopic (exact) mass is 250 g/mol. The van der Waals surface area contributed by atoms with E-state index >= 15 is 0 Å². The van der Waals surface area contributed by atoms with Gasteiger partial charge in [-0.25, -0.2) is 0 Å². The first-order chi connectivity index (χ1) is 8.63. The minimum Gasteiger partial charge on any atom is -0.396 e. The lowest BCUT2D eigenvalue weighted by Crippen LogP contribution is -2.42. The van der Waals surface area contributed by atoms with Crippen molar-refractivity contribution in [1.29, 1.82) is 0 Å². The smallest absolute Gasteiger partial charge is 0.269 e. The quantitative estimate of drug-likeness (QED) is 0.616. The van der Waals surface area contributed by atoms with Crippen molar-refractivity contribution in [2.45, 2.75) is 25.2 Å². The first-order valence-corrected chi connectivity index (χ1v) is 6.18. The minimum absolute atomic E-state index is 0.00356. The molecule has 1 atom stereocenters. The van der Waals surface area contributed by atoms with E-state index in [4.69, 9.17) is 5.73 Å². The van der Waals surface area contributed by atoms with Crippen LogP contribution >= 0.6 is 0 Å². The number of benzene rings is 1. The Balaban J connectivity index is 2.32. The molecular formula is C13H18N2O3. The van der Waals surface area contributed by atoms with Crippen LogP contribution in [0, 0.1) is 15.5 Å². The number of hydrogen-bond donors (Lipinski definition) is 2. The van der Waals surface area contributed by atoms with Crippen LogP contribution in [0.2, 0.25) is 0 Å². The van der Waals surface area contributed by atoms with Crippen LogP contribution in [0.25, 0.3) is 0 Å². The molecule has 0 saturated heterocycles. The number of hydrogen-bond acceptors (Lipinski definition) is 4. The second-order valence-electron chi connectivity index (χ2n) is 5.01. The van der Waals surface area contributed by atoms with E-state index in [1.807, 2.05) is 6.07 Å². The topological polar surface area (TPSA) is 89.4 Å². The molecule has 2 rings (SSSR count). The first kappa shape index (κ1) is 13.0. The summed E-state index contributed by atoms with van der Waals surface area (Å²) < 4.78 is 0. The predicted molar refractivity (Wildman–Crippen MR) is 68.3 cm³/mol. The molecule has 5 nitrogen and oxygen atoms in total. The number of rotatable bonds is 5. The van der Waals surface area contributed by atoms with Crippen LogP contribution in [-0.4, -0.2) is 23.2 Å². The van der Waals surface area contributed by atoms with E-state index in [-0.39, 0.29) is 23.6 Å². The number of aliphatic hydroxyl groups excluding tert-OH is 1. The van der Waals surface area contributed by atoms with Gasteiger partial charge in [-0.3, -0.25) is 10.1 Å². The highest BCUT2D eigenvalue weighted by Gasteiger charge is 2.43. The van der Waals surface area contributed by atoms with Gasteiger partial charge in [0.25, 0.3) is 5.69 Å². The van der Waals surface area contributed by atoms with Gasteiger partial charge < -0.3 is 10.8 Å². The summed E-state index contributed by atoms with van der Waals surface area (Å²) in [4.78, 5) is 10.4. The Bertz CT molecular complexity index is 438. The van der Waals surface area contributed by atoms with Crippen molar-refractivity contribution in [2.75, 3.05) is 13.2 Å². The molecule has 1 fully saturated rings. The molecule has 0 spiro atoms. The second-order valence-corrected chi connectivity index (χ2v) is 5.01. The average molecular weight is 250 g/mol. The molecule has 0 bridgehead atoms. The zero-order chi connectivity index (χ0) is 13.2. The van der Waals surface area contributed by atoms with Crippen molar-refractivity contribution >= 4 is 5.69 Å². The van der Waals surface area contributed by atoms with Crippen LogP contribution in [0.15, 0.2) is 24.3 Å². The molecule has 0 aliphatic heterocycles. The number of non-ortho nitro benzene ring substituents is 1. The summed E-state index contributed by atoms with van der Waals surface area (Å²) in [6.07, 6.45) is 2.97. The Morgan fingerprint density at radius 1 is 1.50 bits per heavy atom. The van der Waals surface area contributed by atoms with Gasteiger partial charge in [0, 0.05) is 30.1 Å². The lowest BCUT2D eigenvalue weighted by atomic mass is 9.59. The van der Waals surface area contributed by atoms with E-state index in [0.717, 1.165) is 24.8 Å². The lowest BCUT2D eigenvalue weighted by molar-refractivity contribution is -0.384. The molecule has 1 aromatic rings. The van der Waals surface area contributed by atoms with E-state index in [1.54, 1.807) is 12.1 Å². The summed E-state index contributed by atoms with van der Waals surface area (Å²) in [6.45, 7) is 0.499. The molecule has 5 heteroatoms. The fraction of sp³-hybridized carbons (Fsp3) is 0.538. The van der Waals surface area contributed by atoms with Gasteiger partial charge in [0.15, 0.2) is 0 Å². The van der Waals surface area contributed by atoms with Gasteiger partial charge in [-0.2, -0.15) is 0 Å². The normalized spacial score (nSPS) is 19.0. The first-order valence-electron chi connectivity index (χ1n) is 6.18. The maximum Gasteiger partial charge on any atom is 0.269 e. The molecule has 3 N–H and O–H groups in total. The van der Waals surface area contributed by atoms with Crippen molar-refractivity contribution in [1.82, 2.24) is 0 Å². The van der Waals surface area contributed by atoms with Crippen molar-refractivity contribution in [3.8, 4) is 0 Å². The maximum atomic E-state index is 10.8. The fourth-order valence-electron chi connectivity index (χ4n) is 2.84. The van der Waals surface area contributed by atoms with Crippen molar-refractivity contribution in [2.24, 2.45) is 11.1 Å². The number of aliphatic hydroxyl groups is 1. The third-order valence-corrected chi connectivity index (χ3v) is 4.12. The predicted octanol–water partition coefficient (Wildman–Crippen LogP) is 1.80. The molecule has 18 heavy (non-hydrogen) atoms. The number of nitro benzene ring substituents is 1. The second kappa shape index (κ2) is 5.04. The molecule has 0 aromatic heterocycles. The molecule has 0 amide bonds. The number of nitrogens with two attached hydrogens (primary N) is 1. The van der Waals surface area contributed by atoms with E-state index in [1.165, 1.54) is 6.07 Å². The highest BCUT2D eigenvalue weighted by atomic mass is 16.6. The maximum absolute atomic E-state index is 10.8. The Kier molecular flexibility index (Phi) is 3.63. The van der Waals surface area contributed by atoms with Crippen LogP contribution in [-0.2, 0) is 0 Å². The lowest BCUT2D eigenvalue weighted by Gasteiger charge is -2.46. The molecule has 1 aromatic carbocycles. The molecule has 1 saturated carbocycles. The molecule has 1 aliphatic carbocycles. The van der Waals surface area contributed by atoms with Crippen molar-refractivity contribution < 1.29 is 10.0 Å². The SMILES string of the molecule is NCC(c1cccc([N+](=O)[O-])c1)C1(CO)CCC1. The van der Waals surface area contributed by atoms with E-state index in [9.17, 15) is 15.2 Å². The molecule has 0 heterocycles. The third kappa shape index (κ3) is 2.11. The fourth-order valence-corrected chi connectivity index (χ4v) is 2.84. The van der Waals surface area contributed by atoms with Crippen LogP contribution in [0.3, 0.4) is 0 Å². The Labute approximate surface area is 106 Å². The number of nitrogens with zero attached hydrogens (tertiary/aromatic N) is 1. The summed E-state index contributed by atoms with van der Waals surface area (Å²) in [7, 11) is 0. The van der Waals surface area contributed by atoms with Gasteiger partial charge in [0.2, 0.25) is 0 Å². The molecule has 1 unspecified atom stereocenters. The summed E-state index contributed by atoms with van der Waals surface area (Å²) in [6, 6.07) is 6.59. The Morgan fingerprint density at radius 2 is 2.22 bits per heavy atom. The van der Waals surface area contributed by atoms with Gasteiger partial charge in [-0.15, -0.1) is 0 Å². The van der Waals surface area contributed by atoms with Crippen LogP contribution in [0.1, 0.15) is 30.7 Å². The van der Waals surface area contributed by atoms with Crippen molar-refractivity contribution in [3.63, 3.8) is 0 Å². The van der Waals surface area contributed by atoms with Gasteiger partial charge in [0.1, 0.15) is 0 Å². The van der Waals surface area contributed by atoms with E-state index in [2.05, 4.69) is 0 Å². The highest BCUT2D eigenvalue weighted by Crippen LogP contribution is 2.50. The standard InChI is InChI=1S/C13H18N2O3/c14-8-12(13(9-16)5-2-6-13)10-3-1-4-11(7-10)15(17)18/h1,3-4,7,12,16H,2,5-6,8-9,14H2. The Morgan fingerprint density at radius 3 is 2.67 bits per heavy atom. The van der Waals surface area contributed by atoms with Crippen LogP contribution in [0.5, 0.6) is 0 Å². The summed E-state index contributed by atoms with van der Waals surface area (Å²) >= 11 is 0. The highest BCUT2D eigenvalue weighted by molar-refractivity contribution is 5.37. The van der Waals surface area contributed by atoms with E-state index < -0.39 is 4.92 Å². The largest absolute Gasteiger partial charge is 0.396 e. The number of nitro groups is 1. The Hall–Kier alpha value is -1.46. The molecule has 98 valence electrons. The van der Waals surface area contributed by atoms with Crippen molar-refractivity contribution in [3.05, 3.63) is 39.9 Å². The van der Waals surface area contributed by atoms with Gasteiger partial charge in [0.05, 0.1) is 4.92 Å². The zero-order valence-corrected chi connectivity index (χ0v) is 10.2. The summed E-state index contributed by atoms with van der Waals surface area (Å²) in [5, 5.41) is 20.4. The molecular weight excluding hydrogens is 232 g/mol. The van der Waals surface area contributed by atoms with Gasteiger partial charge in [-0.1, -0.05) is 18.6 Å². The molecule has 0 radical (unpaired) electrons. The summed E-state index contributed by atoms with van der Waals surface area (Å²) in [5.41, 5.74) is 6.59.